The molecule has 0 aliphatic heterocycles. The Hall–Kier alpha value is -0.990. The van der Waals surface area contributed by atoms with Gasteiger partial charge in [-0.2, -0.15) is 9.89 Å². The van der Waals surface area contributed by atoms with Crippen LogP contribution in [0.1, 0.15) is 24.5 Å². The highest BCUT2D eigenvalue weighted by Gasteiger charge is 2.25. The molecule has 2 rings (SSSR count). The van der Waals surface area contributed by atoms with Crippen LogP contribution in [0.2, 0.25) is 0 Å². The number of hydrogen-bond acceptors (Lipinski definition) is 2. The molecule has 0 amide bonds. The molecule has 9 heavy (non-hydrogen) atoms. The van der Waals surface area contributed by atoms with Gasteiger partial charge in [-0.05, 0) is 18.9 Å². The first-order valence-corrected chi connectivity index (χ1v) is 3.17. The molecular weight excluding hydrogens is 114 g/mol. The summed E-state index contributed by atoms with van der Waals surface area (Å²) in [6.07, 6.45) is 4.36. The van der Waals surface area contributed by atoms with Crippen molar-refractivity contribution < 1.29 is 0 Å². The van der Waals surface area contributed by atoms with Crippen molar-refractivity contribution in [2.75, 3.05) is 5.84 Å². The van der Waals surface area contributed by atoms with Gasteiger partial charge >= 0.3 is 0 Å². The van der Waals surface area contributed by atoms with Gasteiger partial charge in [0.05, 0.1) is 5.69 Å². The van der Waals surface area contributed by atoms with Crippen molar-refractivity contribution >= 4 is 0 Å². The Bertz CT molecular complexity index is 212. The van der Waals surface area contributed by atoms with Gasteiger partial charge < -0.3 is 5.84 Å². The second-order valence-corrected chi connectivity index (χ2v) is 2.49. The minimum Gasteiger partial charge on any atom is -0.323 e. The minimum absolute atomic E-state index is 0.717. The van der Waals surface area contributed by atoms with E-state index in [4.69, 9.17) is 5.84 Å². The van der Waals surface area contributed by atoms with E-state index >= 15 is 0 Å². The number of nitrogens with zero attached hydrogens (tertiary/aromatic N) is 2. The van der Waals surface area contributed by atoms with E-state index in [0.29, 0.717) is 0 Å². The second-order valence-electron chi connectivity index (χ2n) is 2.49. The number of aromatic nitrogens is 2. The summed E-state index contributed by atoms with van der Waals surface area (Å²) in [5, 5.41) is 4.07. The molecule has 0 saturated heterocycles. The van der Waals surface area contributed by atoms with Gasteiger partial charge in [0, 0.05) is 12.1 Å². The second kappa shape index (κ2) is 1.50. The fourth-order valence-electron chi connectivity index (χ4n) is 0.950. The third-order valence-electron chi connectivity index (χ3n) is 1.62. The average Bonchev–Trinajstić information content (AvgIpc) is 2.58. The highest BCUT2D eigenvalue weighted by atomic mass is 15.5. The van der Waals surface area contributed by atoms with Crippen LogP contribution in [0.25, 0.3) is 0 Å². The largest absolute Gasteiger partial charge is 0.323 e. The third-order valence-corrected chi connectivity index (χ3v) is 1.62. The summed E-state index contributed by atoms with van der Waals surface area (Å²) < 4.78 is 0. The molecule has 1 aliphatic carbocycles. The van der Waals surface area contributed by atoms with Crippen LogP contribution in [0.5, 0.6) is 0 Å². The molecule has 48 valence electrons. The maximum atomic E-state index is 5.35. The first kappa shape index (κ1) is 4.85. The summed E-state index contributed by atoms with van der Waals surface area (Å²) in [4.78, 5) is 1.37. The van der Waals surface area contributed by atoms with Crippen molar-refractivity contribution in [3.05, 3.63) is 18.0 Å². The summed E-state index contributed by atoms with van der Waals surface area (Å²) in [6.45, 7) is 0. The molecule has 0 aromatic carbocycles. The van der Waals surface area contributed by atoms with E-state index in [-0.39, 0.29) is 0 Å². The van der Waals surface area contributed by atoms with Crippen LogP contribution in [0, 0.1) is 0 Å². The Morgan fingerprint density at radius 3 is 2.89 bits per heavy atom. The van der Waals surface area contributed by atoms with E-state index in [9.17, 15) is 0 Å². The van der Waals surface area contributed by atoms with Gasteiger partial charge in [0.2, 0.25) is 0 Å². The number of nitrogens with two attached hydrogens (primary N) is 1. The number of nitrogen functional groups attached to an aromatic ring is 1. The molecule has 1 aromatic rings. The highest BCUT2D eigenvalue weighted by molar-refractivity contribution is 5.12. The number of hydrogen-bond donors (Lipinski definition) is 1. The molecule has 0 unspecified atom stereocenters. The lowest BCUT2D eigenvalue weighted by atomic mass is 10.3. The maximum absolute atomic E-state index is 5.35. The van der Waals surface area contributed by atoms with E-state index in [0.717, 1.165) is 11.6 Å². The van der Waals surface area contributed by atoms with Crippen LogP contribution in [0.3, 0.4) is 0 Å². The molecule has 0 spiro atoms. The van der Waals surface area contributed by atoms with Crippen molar-refractivity contribution in [2.24, 2.45) is 0 Å². The normalized spacial score (nSPS) is 18.2. The molecule has 1 aromatic heterocycles. The molecule has 1 fully saturated rings. The Kier molecular flexibility index (Phi) is 0.806. The Balaban J connectivity index is 2.28. The molecule has 1 saturated carbocycles. The first-order valence-electron chi connectivity index (χ1n) is 3.17. The summed E-state index contributed by atoms with van der Waals surface area (Å²) in [5.74, 6) is 6.07. The molecule has 2 N–H and O–H groups in total. The van der Waals surface area contributed by atoms with Gasteiger partial charge in [-0.25, -0.2) is 0 Å². The summed E-state index contributed by atoms with van der Waals surface area (Å²) in [6, 6.07) is 1.98. The van der Waals surface area contributed by atoms with E-state index < -0.39 is 0 Å². The third kappa shape index (κ3) is 0.781. The van der Waals surface area contributed by atoms with E-state index in [1.165, 1.54) is 17.6 Å². The van der Waals surface area contributed by atoms with Gasteiger partial charge in [0.25, 0.3) is 0 Å². The topological polar surface area (TPSA) is 43.8 Å². The Morgan fingerprint density at radius 1 is 1.67 bits per heavy atom. The first-order chi connectivity index (χ1) is 4.36. The van der Waals surface area contributed by atoms with Crippen molar-refractivity contribution in [3.63, 3.8) is 0 Å². The average molecular weight is 123 g/mol. The molecule has 1 aliphatic rings. The van der Waals surface area contributed by atoms with Crippen LogP contribution in [-0.2, 0) is 0 Å². The fraction of sp³-hybridized carbons (Fsp3) is 0.500. The van der Waals surface area contributed by atoms with Crippen LogP contribution >= 0.6 is 0 Å². The summed E-state index contributed by atoms with van der Waals surface area (Å²) in [7, 11) is 0. The van der Waals surface area contributed by atoms with Crippen LogP contribution in [0.15, 0.2) is 12.3 Å². The van der Waals surface area contributed by atoms with E-state index in [1.807, 2.05) is 6.07 Å². The lowest BCUT2D eigenvalue weighted by Gasteiger charge is -1.85. The van der Waals surface area contributed by atoms with Crippen LogP contribution in [-0.4, -0.2) is 9.89 Å². The quantitative estimate of drug-likeness (QED) is 0.552. The molecule has 1 heterocycles. The lowest BCUT2D eigenvalue weighted by molar-refractivity contribution is 0.798. The molecular formula is C6H9N3. The maximum Gasteiger partial charge on any atom is 0.0676 e. The van der Waals surface area contributed by atoms with Gasteiger partial charge in [-0.3, -0.25) is 0 Å². The predicted octanol–water partition coefficient (Wildman–Crippen LogP) is 0.474. The van der Waals surface area contributed by atoms with Crippen molar-refractivity contribution in [1.29, 1.82) is 0 Å². The zero-order valence-corrected chi connectivity index (χ0v) is 5.12. The van der Waals surface area contributed by atoms with Crippen LogP contribution in [0.4, 0.5) is 0 Å². The fourth-order valence-corrected chi connectivity index (χ4v) is 0.950. The zero-order chi connectivity index (χ0) is 6.27. The number of rotatable bonds is 1. The van der Waals surface area contributed by atoms with Gasteiger partial charge in [-0.1, -0.05) is 0 Å². The van der Waals surface area contributed by atoms with E-state index in [1.54, 1.807) is 6.20 Å². The smallest absolute Gasteiger partial charge is 0.0676 e. The molecule has 0 bridgehead atoms. The summed E-state index contributed by atoms with van der Waals surface area (Å²) >= 11 is 0. The Labute approximate surface area is 53.4 Å². The monoisotopic (exact) mass is 123 g/mol. The predicted molar refractivity (Wildman–Crippen MR) is 34.4 cm³/mol. The van der Waals surface area contributed by atoms with Crippen molar-refractivity contribution in [3.8, 4) is 0 Å². The molecule has 0 radical (unpaired) electrons. The summed E-state index contributed by atoms with van der Waals surface area (Å²) in [5.41, 5.74) is 1.15. The zero-order valence-electron chi connectivity index (χ0n) is 5.12. The van der Waals surface area contributed by atoms with Crippen molar-refractivity contribution in [1.82, 2.24) is 9.89 Å². The van der Waals surface area contributed by atoms with Gasteiger partial charge in [0.1, 0.15) is 0 Å². The minimum atomic E-state index is 0.717. The highest BCUT2D eigenvalue weighted by Crippen LogP contribution is 2.38. The molecule has 3 heteroatoms. The molecule has 3 nitrogen and oxygen atoms in total. The van der Waals surface area contributed by atoms with Gasteiger partial charge in [-0.15, -0.1) is 0 Å². The SMILES string of the molecule is Nn1ccc(C2CC2)n1. The van der Waals surface area contributed by atoms with Gasteiger partial charge in [0.15, 0.2) is 0 Å². The van der Waals surface area contributed by atoms with E-state index in [2.05, 4.69) is 5.10 Å². The lowest BCUT2D eigenvalue weighted by Crippen LogP contribution is -2.08. The molecule has 0 atom stereocenters. The Morgan fingerprint density at radius 2 is 2.44 bits per heavy atom. The van der Waals surface area contributed by atoms with Crippen LogP contribution < -0.4 is 5.84 Å². The standard InChI is InChI=1S/C6H9N3/c7-9-4-3-6(8-9)5-1-2-5/h3-5H,1-2,7H2. The van der Waals surface area contributed by atoms with Crippen molar-refractivity contribution in [2.45, 2.75) is 18.8 Å².